The summed E-state index contributed by atoms with van der Waals surface area (Å²) in [5.41, 5.74) is 1.99. The fourth-order valence-corrected chi connectivity index (χ4v) is 3.71. The average molecular weight is 547 g/mol. The van der Waals surface area contributed by atoms with Gasteiger partial charge in [0.2, 0.25) is 0 Å². The van der Waals surface area contributed by atoms with Gasteiger partial charge in [0.1, 0.15) is 5.75 Å². The van der Waals surface area contributed by atoms with Gasteiger partial charge in [0, 0.05) is 27.5 Å². The van der Waals surface area contributed by atoms with Gasteiger partial charge in [-0.25, -0.2) is 0 Å². The van der Waals surface area contributed by atoms with Crippen LogP contribution >= 0.6 is 39.7 Å². The minimum atomic E-state index is -0.370. The molecular formula is C24H21BrClN3O3S. The van der Waals surface area contributed by atoms with Gasteiger partial charge in [-0.3, -0.25) is 14.9 Å². The number of carbonyl (C=O) groups excluding carboxylic acids is 2. The summed E-state index contributed by atoms with van der Waals surface area (Å²) in [5, 5.41) is 8.98. The summed E-state index contributed by atoms with van der Waals surface area (Å²) in [6, 6.07) is 18.7. The zero-order valence-electron chi connectivity index (χ0n) is 17.7. The van der Waals surface area contributed by atoms with E-state index in [1.54, 1.807) is 66.7 Å². The summed E-state index contributed by atoms with van der Waals surface area (Å²) in [4.78, 5) is 25.1. The Labute approximate surface area is 210 Å². The molecule has 3 aromatic rings. The first kappa shape index (κ1) is 24.7. The van der Waals surface area contributed by atoms with E-state index in [2.05, 4.69) is 31.9 Å². The Morgan fingerprint density at radius 1 is 0.939 bits per heavy atom. The molecule has 0 unspecified atom stereocenters. The van der Waals surface area contributed by atoms with Gasteiger partial charge in [0.15, 0.2) is 5.11 Å². The number of rotatable bonds is 7. The molecule has 9 heteroatoms. The van der Waals surface area contributed by atoms with Crippen LogP contribution in [-0.4, -0.2) is 23.5 Å². The summed E-state index contributed by atoms with van der Waals surface area (Å²) >= 11 is 14.6. The second-order valence-corrected chi connectivity index (χ2v) is 8.65. The molecule has 0 spiro atoms. The maximum absolute atomic E-state index is 12.6. The minimum Gasteiger partial charge on any atom is -0.492 e. The Bertz CT molecular complexity index is 1190. The van der Waals surface area contributed by atoms with Gasteiger partial charge in [-0.05, 0) is 89.2 Å². The van der Waals surface area contributed by atoms with Crippen molar-refractivity contribution in [1.29, 1.82) is 0 Å². The molecule has 2 amide bonds. The first-order chi connectivity index (χ1) is 15.9. The number of amides is 2. The van der Waals surface area contributed by atoms with Gasteiger partial charge in [0.05, 0.1) is 11.1 Å². The number of ether oxygens (including phenoxy) is 1. The smallest absolute Gasteiger partial charge is 0.257 e. The first-order valence-electron chi connectivity index (χ1n) is 10.1. The summed E-state index contributed by atoms with van der Waals surface area (Å²) in [6.45, 7) is 2.61. The topological polar surface area (TPSA) is 79.5 Å². The van der Waals surface area contributed by atoms with Crippen molar-refractivity contribution in [2.75, 3.05) is 17.2 Å². The van der Waals surface area contributed by atoms with E-state index < -0.39 is 0 Å². The number of carbonyl (C=O) groups is 2. The molecule has 0 aromatic heterocycles. The van der Waals surface area contributed by atoms with Gasteiger partial charge in [-0.15, -0.1) is 0 Å². The Balaban J connectivity index is 1.60. The summed E-state index contributed by atoms with van der Waals surface area (Å²) < 4.78 is 6.28. The lowest BCUT2D eigenvalue weighted by molar-refractivity contribution is 0.0976. The van der Waals surface area contributed by atoms with Crippen molar-refractivity contribution in [1.82, 2.24) is 5.32 Å². The summed E-state index contributed by atoms with van der Waals surface area (Å²) in [7, 11) is 0. The van der Waals surface area contributed by atoms with Gasteiger partial charge >= 0.3 is 0 Å². The molecule has 0 saturated carbocycles. The highest BCUT2D eigenvalue weighted by Gasteiger charge is 2.12. The zero-order chi connectivity index (χ0) is 23.8. The second kappa shape index (κ2) is 11.8. The molecular weight excluding hydrogens is 526 g/mol. The fraction of sp³-hybridized carbons (Fsp3) is 0.125. The lowest BCUT2D eigenvalue weighted by Crippen LogP contribution is -2.34. The van der Waals surface area contributed by atoms with Crippen LogP contribution in [0.3, 0.4) is 0 Å². The van der Waals surface area contributed by atoms with E-state index in [9.17, 15) is 9.59 Å². The van der Waals surface area contributed by atoms with Crippen molar-refractivity contribution in [2.24, 2.45) is 0 Å². The van der Waals surface area contributed by atoms with E-state index in [1.807, 2.05) is 6.92 Å². The molecule has 3 N–H and O–H groups in total. The van der Waals surface area contributed by atoms with Crippen molar-refractivity contribution in [3.63, 3.8) is 0 Å². The molecule has 0 radical (unpaired) electrons. The molecule has 3 rings (SSSR count). The largest absolute Gasteiger partial charge is 0.492 e. The van der Waals surface area contributed by atoms with Crippen LogP contribution in [0.5, 0.6) is 5.75 Å². The van der Waals surface area contributed by atoms with Crippen molar-refractivity contribution in [3.05, 3.63) is 87.4 Å². The average Bonchev–Trinajstić information content (AvgIpc) is 2.78. The molecule has 6 nitrogen and oxygen atoms in total. The minimum absolute atomic E-state index is 0.106. The van der Waals surface area contributed by atoms with E-state index >= 15 is 0 Å². The van der Waals surface area contributed by atoms with E-state index in [4.69, 9.17) is 28.6 Å². The van der Waals surface area contributed by atoms with Gasteiger partial charge < -0.3 is 15.4 Å². The maximum Gasteiger partial charge on any atom is 0.257 e. The molecule has 0 bridgehead atoms. The van der Waals surface area contributed by atoms with E-state index in [0.717, 1.165) is 6.42 Å². The predicted octanol–water partition coefficient (Wildman–Crippen LogP) is 6.27. The predicted molar refractivity (Wildman–Crippen MR) is 139 cm³/mol. The van der Waals surface area contributed by atoms with Crippen LogP contribution in [-0.2, 0) is 0 Å². The number of anilines is 2. The fourth-order valence-electron chi connectivity index (χ4n) is 2.82. The van der Waals surface area contributed by atoms with Crippen LogP contribution in [0.2, 0.25) is 5.02 Å². The lowest BCUT2D eigenvalue weighted by Gasteiger charge is -2.12. The molecule has 33 heavy (non-hydrogen) atoms. The normalized spacial score (nSPS) is 10.3. The Hall–Kier alpha value is -2.94. The summed E-state index contributed by atoms with van der Waals surface area (Å²) in [6.07, 6.45) is 0.887. The highest BCUT2D eigenvalue weighted by molar-refractivity contribution is 9.10. The van der Waals surface area contributed by atoms with Crippen LogP contribution in [0.4, 0.5) is 11.4 Å². The molecule has 0 aliphatic heterocycles. The van der Waals surface area contributed by atoms with Crippen molar-refractivity contribution in [2.45, 2.75) is 13.3 Å². The summed E-state index contributed by atoms with van der Waals surface area (Å²) in [5.74, 6) is -0.00170. The highest BCUT2D eigenvalue weighted by Crippen LogP contribution is 2.26. The van der Waals surface area contributed by atoms with E-state index in [0.29, 0.717) is 44.4 Å². The van der Waals surface area contributed by atoms with E-state index in [1.165, 1.54) is 0 Å². The number of hydrogen-bond donors (Lipinski definition) is 3. The molecule has 3 aromatic carbocycles. The van der Waals surface area contributed by atoms with Crippen LogP contribution in [0, 0.1) is 0 Å². The van der Waals surface area contributed by atoms with Gasteiger partial charge in [0.25, 0.3) is 11.8 Å². The van der Waals surface area contributed by atoms with Crippen LogP contribution in [0.25, 0.3) is 0 Å². The SMILES string of the molecule is CCCOc1ccc(C(=O)NC(=S)Nc2cccc(C(=O)Nc3cccc(Cl)c3)c2)cc1Br. The van der Waals surface area contributed by atoms with Crippen molar-refractivity contribution >= 4 is 68.1 Å². The molecule has 0 atom stereocenters. The number of nitrogens with one attached hydrogen (secondary N) is 3. The van der Waals surface area contributed by atoms with Crippen LogP contribution in [0.1, 0.15) is 34.1 Å². The quantitative estimate of drug-likeness (QED) is 0.304. The Kier molecular flexibility index (Phi) is 8.82. The number of benzene rings is 3. The third-order valence-corrected chi connectivity index (χ3v) is 5.41. The molecule has 0 heterocycles. The third-order valence-electron chi connectivity index (χ3n) is 4.35. The first-order valence-corrected chi connectivity index (χ1v) is 11.7. The van der Waals surface area contributed by atoms with Crippen molar-refractivity contribution < 1.29 is 14.3 Å². The Morgan fingerprint density at radius 3 is 2.33 bits per heavy atom. The lowest BCUT2D eigenvalue weighted by atomic mass is 10.2. The monoisotopic (exact) mass is 545 g/mol. The molecule has 0 fully saturated rings. The third kappa shape index (κ3) is 7.28. The molecule has 0 aliphatic rings. The number of halogens is 2. The second-order valence-electron chi connectivity index (χ2n) is 6.95. The Morgan fingerprint density at radius 2 is 1.64 bits per heavy atom. The van der Waals surface area contributed by atoms with Crippen LogP contribution in [0.15, 0.2) is 71.2 Å². The zero-order valence-corrected chi connectivity index (χ0v) is 20.8. The van der Waals surface area contributed by atoms with E-state index in [-0.39, 0.29) is 16.9 Å². The van der Waals surface area contributed by atoms with Crippen LogP contribution < -0.4 is 20.7 Å². The molecule has 170 valence electrons. The standard InChI is InChI=1S/C24H21BrClN3O3S/c1-2-11-32-21-10-9-16(13-20(21)25)23(31)29-24(33)28-18-7-3-5-15(12-18)22(30)27-19-8-4-6-17(26)14-19/h3-10,12-14H,2,11H2,1H3,(H,27,30)(H2,28,29,31,33). The molecule has 0 saturated heterocycles. The highest BCUT2D eigenvalue weighted by atomic mass is 79.9. The molecule has 0 aliphatic carbocycles. The maximum atomic E-state index is 12.6. The van der Waals surface area contributed by atoms with Gasteiger partial charge in [-0.2, -0.15) is 0 Å². The van der Waals surface area contributed by atoms with Crippen molar-refractivity contribution in [3.8, 4) is 5.75 Å². The number of hydrogen-bond acceptors (Lipinski definition) is 4. The number of thiocarbonyl (C=S) groups is 1. The van der Waals surface area contributed by atoms with Gasteiger partial charge in [-0.1, -0.05) is 30.7 Å².